The van der Waals surface area contributed by atoms with Crippen LogP contribution in [-0.2, 0) is 9.67 Å². The van der Waals surface area contributed by atoms with Gasteiger partial charge in [0, 0.05) is 5.75 Å². The Labute approximate surface area is 117 Å². The van der Waals surface area contributed by atoms with Gasteiger partial charge in [0.1, 0.15) is 6.10 Å². The number of thioether (sulfide) groups is 1. The van der Waals surface area contributed by atoms with Crippen LogP contribution in [0, 0.1) is 0 Å². The van der Waals surface area contributed by atoms with E-state index in [0.717, 1.165) is 16.9 Å². The second-order valence-electron chi connectivity index (χ2n) is 4.54. The average Bonchev–Trinajstić information content (AvgIpc) is 2.99. The predicted molar refractivity (Wildman–Crippen MR) is 77.9 cm³/mol. The van der Waals surface area contributed by atoms with Gasteiger partial charge >= 0.3 is 0 Å². The summed E-state index contributed by atoms with van der Waals surface area (Å²) in [5.74, 6) is 0.902. The molecule has 1 aliphatic heterocycles. The minimum Gasteiger partial charge on any atom is -0.384 e. The van der Waals surface area contributed by atoms with Gasteiger partial charge in [-0.3, -0.25) is 0 Å². The fourth-order valence-corrected chi connectivity index (χ4v) is 3.67. The highest BCUT2D eigenvalue weighted by molar-refractivity contribution is 8.00. The Morgan fingerprint density at radius 1 is 1.00 bits per heavy atom. The topological polar surface area (TPSA) is 29.5 Å². The molecule has 98 valence electrons. The molecule has 19 heavy (non-hydrogen) atoms. The summed E-state index contributed by atoms with van der Waals surface area (Å²) in [6.45, 7) is 0.670. The first-order valence-electron chi connectivity index (χ1n) is 6.39. The molecule has 0 spiro atoms. The summed E-state index contributed by atoms with van der Waals surface area (Å²) in [5, 5.41) is 10.8. The van der Waals surface area contributed by atoms with E-state index < -0.39 is 11.0 Å². The van der Waals surface area contributed by atoms with Crippen molar-refractivity contribution in [2.24, 2.45) is 0 Å². The highest BCUT2D eigenvalue weighted by atomic mass is 32.2. The van der Waals surface area contributed by atoms with Crippen LogP contribution in [0.25, 0.3) is 0 Å². The van der Waals surface area contributed by atoms with Crippen LogP contribution >= 0.6 is 11.8 Å². The van der Waals surface area contributed by atoms with Crippen LogP contribution in [0.2, 0.25) is 0 Å². The molecule has 2 aromatic rings. The van der Waals surface area contributed by atoms with Crippen molar-refractivity contribution in [3.05, 3.63) is 71.8 Å². The predicted octanol–water partition coefficient (Wildman–Crippen LogP) is 3.34. The van der Waals surface area contributed by atoms with Gasteiger partial charge in [0.15, 0.2) is 4.93 Å². The van der Waals surface area contributed by atoms with E-state index >= 15 is 0 Å². The zero-order valence-corrected chi connectivity index (χ0v) is 11.3. The molecule has 0 bridgehead atoms. The maximum Gasteiger partial charge on any atom is 0.169 e. The minimum absolute atomic E-state index is 0.663. The first-order valence-corrected chi connectivity index (χ1v) is 7.38. The zero-order chi connectivity index (χ0) is 13.1. The second-order valence-corrected chi connectivity index (χ2v) is 5.85. The van der Waals surface area contributed by atoms with Crippen molar-refractivity contribution < 1.29 is 9.84 Å². The molecule has 2 atom stereocenters. The molecule has 0 aliphatic carbocycles. The second kappa shape index (κ2) is 5.37. The van der Waals surface area contributed by atoms with Crippen LogP contribution in [0.4, 0.5) is 0 Å². The van der Waals surface area contributed by atoms with Crippen LogP contribution in [0.1, 0.15) is 17.2 Å². The maximum absolute atomic E-state index is 10.8. The molecule has 0 saturated carbocycles. The number of hydrogen-bond acceptors (Lipinski definition) is 3. The molecule has 1 heterocycles. The summed E-state index contributed by atoms with van der Waals surface area (Å²) < 4.78 is 5.96. The smallest absolute Gasteiger partial charge is 0.169 e. The Kier molecular flexibility index (Phi) is 3.60. The van der Waals surface area contributed by atoms with Gasteiger partial charge in [-0.15, -0.1) is 11.8 Å². The molecule has 0 radical (unpaired) electrons. The van der Waals surface area contributed by atoms with Crippen molar-refractivity contribution in [3.63, 3.8) is 0 Å². The largest absolute Gasteiger partial charge is 0.384 e. The van der Waals surface area contributed by atoms with E-state index in [4.69, 9.17) is 4.74 Å². The van der Waals surface area contributed by atoms with E-state index in [0.29, 0.717) is 6.61 Å². The van der Waals surface area contributed by atoms with Gasteiger partial charge < -0.3 is 9.84 Å². The van der Waals surface area contributed by atoms with Crippen LogP contribution in [0.15, 0.2) is 60.7 Å². The number of ether oxygens (including phenoxy) is 1. The summed E-state index contributed by atoms with van der Waals surface area (Å²) in [7, 11) is 0. The van der Waals surface area contributed by atoms with Gasteiger partial charge in [-0.1, -0.05) is 60.7 Å². The van der Waals surface area contributed by atoms with E-state index in [1.807, 2.05) is 60.7 Å². The van der Waals surface area contributed by atoms with Crippen molar-refractivity contribution >= 4 is 11.8 Å². The molecular weight excluding hydrogens is 256 g/mol. The number of aliphatic hydroxyl groups excluding tert-OH is 1. The molecule has 3 heteroatoms. The molecule has 0 amide bonds. The van der Waals surface area contributed by atoms with Gasteiger partial charge in [-0.25, -0.2) is 0 Å². The lowest BCUT2D eigenvalue weighted by Gasteiger charge is -2.33. The Balaban J connectivity index is 2.02. The molecule has 1 saturated heterocycles. The highest BCUT2D eigenvalue weighted by Crippen LogP contribution is 2.50. The monoisotopic (exact) mass is 272 g/mol. The summed E-state index contributed by atoms with van der Waals surface area (Å²) in [4.78, 5) is -0.678. The van der Waals surface area contributed by atoms with Crippen LogP contribution in [0.5, 0.6) is 0 Å². The first-order chi connectivity index (χ1) is 9.33. The Hall–Kier alpha value is -1.29. The molecule has 1 N–H and O–H groups in total. The van der Waals surface area contributed by atoms with Crippen LogP contribution in [0.3, 0.4) is 0 Å². The third kappa shape index (κ3) is 2.29. The number of aliphatic hydroxyl groups is 1. The molecule has 0 aromatic heterocycles. The fraction of sp³-hybridized carbons (Fsp3) is 0.250. The molecule has 1 fully saturated rings. The molecular formula is C16H16O2S. The number of benzene rings is 2. The highest BCUT2D eigenvalue weighted by Gasteiger charge is 2.45. The first kappa shape index (κ1) is 12.7. The lowest BCUT2D eigenvalue weighted by atomic mass is 9.97. The van der Waals surface area contributed by atoms with Crippen LogP contribution < -0.4 is 0 Å². The number of rotatable bonds is 3. The van der Waals surface area contributed by atoms with Crippen molar-refractivity contribution in [3.8, 4) is 0 Å². The maximum atomic E-state index is 10.8. The van der Waals surface area contributed by atoms with Crippen molar-refractivity contribution in [1.29, 1.82) is 0 Å². The summed E-state index contributed by atoms with van der Waals surface area (Å²) in [6, 6.07) is 19.7. The average molecular weight is 272 g/mol. The Morgan fingerprint density at radius 2 is 1.63 bits per heavy atom. The van der Waals surface area contributed by atoms with Crippen molar-refractivity contribution in [1.82, 2.24) is 0 Å². The van der Waals surface area contributed by atoms with Crippen molar-refractivity contribution in [2.75, 3.05) is 12.4 Å². The van der Waals surface area contributed by atoms with E-state index in [-0.39, 0.29) is 0 Å². The quantitative estimate of drug-likeness (QED) is 0.929. The molecule has 2 nitrogen and oxygen atoms in total. The fourth-order valence-electron chi connectivity index (χ4n) is 2.44. The normalized spacial score (nSPS) is 24.3. The van der Waals surface area contributed by atoms with Gasteiger partial charge in [-0.2, -0.15) is 0 Å². The van der Waals surface area contributed by atoms with Crippen molar-refractivity contribution in [2.45, 2.75) is 11.0 Å². The minimum atomic E-state index is -0.678. The zero-order valence-electron chi connectivity index (χ0n) is 10.5. The van der Waals surface area contributed by atoms with Gasteiger partial charge in [0.05, 0.1) is 6.61 Å². The number of hydrogen-bond donors (Lipinski definition) is 1. The van der Waals surface area contributed by atoms with Gasteiger partial charge in [0.25, 0.3) is 0 Å². The van der Waals surface area contributed by atoms with Gasteiger partial charge in [-0.05, 0) is 11.1 Å². The lowest BCUT2D eigenvalue weighted by molar-refractivity contribution is -0.0519. The third-order valence-corrected chi connectivity index (χ3v) is 4.74. The molecule has 3 rings (SSSR count). The molecule has 2 aromatic carbocycles. The summed E-state index contributed by atoms with van der Waals surface area (Å²) >= 11 is 1.67. The van der Waals surface area contributed by atoms with E-state index in [2.05, 4.69) is 0 Å². The summed E-state index contributed by atoms with van der Waals surface area (Å²) in [5.41, 5.74) is 1.91. The SMILES string of the molecule is OC(c1ccccc1)C1(c2ccccc2)OCCS1. The van der Waals surface area contributed by atoms with E-state index in [9.17, 15) is 5.11 Å². The molecule has 2 unspecified atom stereocenters. The van der Waals surface area contributed by atoms with Crippen LogP contribution in [-0.4, -0.2) is 17.5 Å². The Bertz CT molecular complexity index is 521. The standard InChI is InChI=1S/C16H16O2S/c17-15(13-7-3-1-4-8-13)16(18-11-12-19-16)14-9-5-2-6-10-14/h1-10,15,17H,11-12H2. The molecule has 1 aliphatic rings. The summed E-state index contributed by atoms with van der Waals surface area (Å²) in [6.07, 6.45) is -0.663. The van der Waals surface area contributed by atoms with E-state index in [1.54, 1.807) is 11.8 Å². The lowest BCUT2D eigenvalue weighted by Crippen LogP contribution is -2.30. The van der Waals surface area contributed by atoms with E-state index in [1.165, 1.54) is 0 Å². The third-order valence-electron chi connectivity index (χ3n) is 3.37. The van der Waals surface area contributed by atoms with Gasteiger partial charge in [0.2, 0.25) is 0 Å². The Morgan fingerprint density at radius 3 is 2.21 bits per heavy atom.